The van der Waals surface area contributed by atoms with Crippen molar-refractivity contribution in [1.29, 1.82) is 0 Å². The van der Waals surface area contributed by atoms with Crippen LogP contribution in [0.4, 0.5) is 0 Å². The van der Waals surface area contributed by atoms with Gasteiger partial charge in [0.2, 0.25) is 0 Å². The highest BCUT2D eigenvalue weighted by Crippen LogP contribution is 2.19. The highest BCUT2D eigenvalue weighted by molar-refractivity contribution is 9.10. The van der Waals surface area contributed by atoms with Crippen molar-refractivity contribution >= 4 is 27.8 Å². The molecule has 1 heterocycles. The lowest BCUT2D eigenvalue weighted by atomic mass is 9.88. The minimum atomic E-state index is -1.32. The monoisotopic (exact) mass is 303 g/mol. The molecule has 1 aromatic rings. The number of carboxylic acids is 1. The van der Waals surface area contributed by atoms with Crippen LogP contribution in [0.25, 0.3) is 0 Å². The van der Waals surface area contributed by atoms with E-state index in [0.29, 0.717) is 4.67 Å². The molecule has 0 spiro atoms. The second kappa shape index (κ2) is 4.91. The van der Waals surface area contributed by atoms with E-state index < -0.39 is 17.4 Å². The first-order valence-corrected chi connectivity index (χ1v) is 5.88. The molecule has 1 aromatic heterocycles. The molecule has 5 nitrogen and oxygen atoms in total. The van der Waals surface area contributed by atoms with Gasteiger partial charge in [0.15, 0.2) is 10.4 Å². The first-order chi connectivity index (χ1) is 7.77. The fourth-order valence-corrected chi connectivity index (χ4v) is 1.49. The smallest absolute Gasteiger partial charge is 0.329 e. The quantitative estimate of drug-likeness (QED) is 0.894. The van der Waals surface area contributed by atoms with Crippen molar-refractivity contribution in [3.8, 4) is 0 Å². The molecule has 0 aliphatic rings. The highest BCUT2D eigenvalue weighted by Gasteiger charge is 2.38. The topological polar surface area (TPSA) is 79.5 Å². The van der Waals surface area contributed by atoms with Gasteiger partial charge in [-0.1, -0.05) is 13.8 Å². The van der Waals surface area contributed by atoms with E-state index in [0.717, 1.165) is 0 Å². The van der Waals surface area contributed by atoms with E-state index in [9.17, 15) is 9.59 Å². The van der Waals surface area contributed by atoms with E-state index in [2.05, 4.69) is 21.2 Å². The summed E-state index contributed by atoms with van der Waals surface area (Å²) in [5.41, 5.74) is -1.32. The number of carbonyl (C=O) groups excluding carboxylic acids is 1. The molecular weight excluding hydrogens is 290 g/mol. The Morgan fingerprint density at radius 3 is 2.41 bits per heavy atom. The maximum Gasteiger partial charge on any atom is 0.329 e. The van der Waals surface area contributed by atoms with Crippen LogP contribution in [0, 0.1) is 5.92 Å². The number of hydrogen-bond acceptors (Lipinski definition) is 3. The Labute approximate surface area is 107 Å². The van der Waals surface area contributed by atoms with Crippen LogP contribution in [-0.4, -0.2) is 22.5 Å². The summed E-state index contributed by atoms with van der Waals surface area (Å²) in [5, 5.41) is 11.6. The van der Waals surface area contributed by atoms with Gasteiger partial charge in [0.05, 0.1) is 0 Å². The van der Waals surface area contributed by atoms with Gasteiger partial charge in [-0.15, -0.1) is 0 Å². The molecule has 0 fully saturated rings. The molecule has 1 unspecified atom stereocenters. The molecular formula is C11H14BrNO4. The van der Waals surface area contributed by atoms with Gasteiger partial charge in [-0.2, -0.15) is 0 Å². The molecule has 1 amide bonds. The van der Waals surface area contributed by atoms with Crippen LogP contribution in [0.2, 0.25) is 0 Å². The Balaban J connectivity index is 2.89. The van der Waals surface area contributed by atoms with Gasteiger partial charge in [0.25, 0.3) is 5.91 Å². The van der Waals surface area contributed by atoms with E-state index >= 15 is 0 Å². The van der Waals surface area contributed by atoms with Crippen LogP contribution in [0.1, 0.15) is 31.3 Å². The van der Waals surface area contributed by atoms with Gasteiger partial charge in [-0.25, -0.2) is 4.79 Å². The van der Waals surface area contributed by atoms with E-state index in [1.165, 1.54) is 13.0 Å². The van der Waals surface area contributed by atoms with Crippen molar-refractivity contribution in [1.82, 2.24) is 5.32 Å². The van der Waals surface area contributed by atoms with Crippen LogP contribution in [-0.2, 0) is 4.79 Å². The molecule has 0 aliphatic heterocycles. The lowest BCUT2D eigenvalue weighted by Crippen LogP contribution is -2.55. The Morgan fingerprint density at radius 1 is 1.47 bits per heavy atom. The molecule has 0 radical (unpaired) electrons. The van der Waals surface area contributed by atoms with Crippen LogP contribution >= 0.6 is 15.9 Å². The summed E-state index contributed by atoms with van der Waals surface area (Å²) in [6.45, 7) is 4.93. The number of hydrogen-bond donors (Lipinski definition) is 2. The number of carboxylic acid groups (broad SMARTS) is 1. The van der Waals surface area contributed by atoms with Gasteiger partial charge in [0.1, 0.15) is 5.54 Å². The number of nitrogens with one attached hydrogen (secondary N) is 1. The number of carbonyl (C=O) groups is 2. The van der Waals surface area contributed by atoms with Gasteiger partial charge >= 0.3 is 5.97 Å². The maximum atomic E-state index is 11.8. The molecule has 0 bridgehead atoms. The Morgan fingerprint density at radius 2 is 2.06 bits per heavy atom. The summed E-state index contributed by atoms with van der Waals surface area (Å²) in [5.74, 6) is -1.80. The minimum absolute atomic E-state index is 0.0741. The largest absolute Gasteiger partial charge is 0.480 e. The number of rotatable bonds is 4. The molecule has 0 saturated heterocycles. The number of amides is 1. The summed E-state index contributed by atoms with van der Waals surface area (Å²) in [6.07, 6.45) is 0. The van der Waals surface area contributed by atoms with Gasteiger partial charge in [0, 0.05) is 0 Å². The predicted octanol–water partition coefficient (Wildman–Crippen LogP) is 2.27. The first kappa shape index (κ1) is 13.8. The minimum Gasteiger partial charge on any atom is -0.480 e. The van der Waals surface area contributed by atoms with E-state index in [1.807, 2.05) is 0 Å². The molecule has 1 rings (SSSR count). The van der Waals surface area contributed by atoms with Crippen LogP contribution in [0.15, 0.2) is 21.2 Å². The van der Waals surface area contributed by atoms with E-state index in [4.69, 9.17) is 9.52 Å². The zero-order valence-corrected chi connectivity index (χ0v) is 11.4. The van der Waals surface area contributed by atoms with Crippen LogP contribution < -0.4 is 5.32 Å². The molecule has 6 heteroatoms. The second-order valence-electron chi connectivity index (χ2n) is 4.22. The zero-order chi connectivity index (χ0) is 13.2. The van der Waals surface area contributed by atoms with Crippen molar-refractivity contribution < 1.29 is 19.1 Å². The zero-order valence-electron chi connectivity index (χ0n) is 9.78. The third kappa shape index (κ3) is 2.88. The summed E-state index contributed by atoms with van der Waals surface area (Å²) >= 11 is 3.07. The second-order valence-corrected chi connectivity index (χ2v) is 5.00. The summed E-state index contributed by atoms with van der Waals surface area (Å²) < 4.78 is 5.48. The Kier molecular flexibility index (Phi) is 3.98. The van der Waals surface area contributed by atoms with Crippen LogP contribution in [0.5, 0.6) is 0 Å². The molecule has 2 N–H and O–H groups in total. The van der Waals surface area contributed by atoms with E-state index in [1.54, 1.807) is 19.9 Å². The fourth-order valence-electron chi connectivity index (χ4n) is 1.18. The molecule has 1 atom stereocenters. The average molecular weight is 304 g/mol. The SMILES string of the molecule is CC(C)C(C)(NC(=O)c1ccc(Br)o1)C(=O)O. The molecule has 94 valence electrons. The lowest BCUT2D eigenvalue weighted by molar-refractivity contribution is -0.145. The summed E-state index contributed by atoms with van der Waals surface area (Å²) in [6, 6.07) is 3.05. The number of furan rings is 1. The Bertz CT molecular complexity index is 440. The fraction of sp³-hybridized carbons (Fsp3) is 0.455. The third-order valence-corrected chi connectivity index (χ3v) is 3.20. The van der Waals surface area contributed by atoms with E-state index in [-0.39, 0.29) is 11.7 Å². The van der Waals surface area contributed by atoms with Crippen molar-refractivity contribution in [2.45, 2.75) is 26.3 Å². The molecule has 0 aromatic carbocycles. The normalized spacial score (nSPS) is 14.4. The molecule has 0 saturated carbocycles. The van der Waals surface area contributed by atoms with Crippen molar-refractivity contribution in [2.24, 2.45) is 5.92 Å². The molecule has 17 heavy (non-hydrogen) atoms. The van der Waals surface area contributed by atoms with Gasteiger partial charge in [-0.3, -0.25) is 4.79 Å². The lowest BCUT2D eigenvalue weighted by Gasteiger charge is -2.29. The van der Waals surface area contributed by atoms with Crippen molar-refractivity contribution in [2.75, 3.05) is 0 Å². The summed E-state index contributed by atoms with van der Waals surface area (Å²) in [4.78, 5) is 23.0. The van der Waals surface area contributed by atoms with Crippen molar-refractivity contribution in [3.05, 3.63) is 22.6 Å². The molecule has 0 aliphatic carbocycles. The van der Waals surface area contributed by atoms with Crippen LogP contribution in [0.3, 0.4) is 0 Å². The predicted molar refractivity (Wildman–Crippen MR) is 64.8 cm³/mol. The third-order valence-electron chi connectivity index (χ3n) is 2.77. The van der Waals surface area contributed by atoms with Crippen molar-refractivity contribution in [3.63, 3.8) is 0 Å². The maximum absolute atomic E-state index is 11.8. The first-order valence-electron chi connectivity index (χ1n) is 5.08. The Hall–Kier alpha value is -1.30. The average Bonchev–Trinajstić information content (AvgIpc) is 2.64. The van der Waals surface area contributed by atoms with Gasteiger partial charge in [-0.05, 0) is 40.9 Å². The number of aliphatic carboxylic acids is 1. The van der Waals surface area contributed by atoms with Gasteiger partial charge < -0.3 is 14.8 Å². The highest BCUT2D eigenvalue weighted by atomic mass is 79.9. The number of halogens is 1. The standard InChI is InChI=1S/C11H14BrNO4/c1-6(2)11(3,10(15)16)13-9(14)7-4-5-8(12)17-7/h4-6H,1-3H3,(H,13,14)(H,15,16). The summed E-state index contributed by atoms with van der Waals surface area (Å²) in [7, 11) is 0.